The van der Waals surface area contributed by atoms with Gasteiger partial charge in [0.2, 0.25) is 5.91 Å². The second-order valence-electron chi connectivity index (χ2n) is 7.96. The molecule has 0 fully saturated rings. The third-order valence-electron chi connectivity index (χ3n) is 5.10. The lowest BCUT2D eigenvalue weighted by Gasteiger charge is -2.12. The Bertz CT molecular complexity index is 1110. The number of aromatic nitrogens is 2. The van der Waals surface area contributed by atoms with Crippen LogP contribution < -0.4 is 14.8 Å². The van der Waals surface area contributed by atoms with Crippen molar-refractivity contribution >= 4 is 22.9 Å². The molecule has 8 nitrogen and oxygen atoms in total. The van der Waals surface area contributed by atoms with Crippen molar-refractivity contribution in [2.24, 2.45) is 0 Å². The molecule has 1 N–H and O–H groups in total. The second-order valence-corrected chi connectivity index (χ2v) is 7.96. The average Bonchev–Trinajstić information content (AvgIpc) is 3.13. The molecule has 0 spiro atoms. The Morgan fingerprint density at radius 2 is 1.82 bits per heavy atom. The minimum absolute atomic E-state index is 0.0729. The zero-order valence-corrected chi connectivity index (χ0v) is 19.6. The Labute approximate surface area is 193 Å². The molecule has 0 aliphatic heterocycles. The van der Waals surface area contributed by atoms with Gasteiger partial charge in [0.15, 0.2) is 11.5 Å². The van der Waals surface area contributed by atoms with Crippen molar-refractivity contribution in [3.05, 3.63) is 53.9 Å². The molecule has 0 aliphatic rings. The van der Waals surface area contributed by atoms with Crippen LogP contribution in [0.3, 0.4) is 0 Å². The third kappa shape index (κ3) is 6.47. The van der Waals surface area contributed by atoms with E-state index < -0.39 is 0 Å². The van der Waals surface area contributed by atoms with Gasteiger partial charge in [-0.2, -0.15) is 0 Å². The topological polar surface area (TPSA) is 91.7 Å². The van der Waals surface area contributed by atoms with Crippen LogP contribution in [0, 0.1) is 0 Å². The van der Waals surface area contributed by atoms with Crippen molar-refractivity contribution in [1.82, 2.24) is 14.9 Å². The van der Waals surface area contributed by atoms with Gasteiger partial charge < -0.3 is 24.1 Å². The van der Waals surface area contributed by atoms with Crippen molar-refractivity contribution < 1.29 is 23.8 Å². The van der Waals surface area contributed by atoms with Crippen LogP contribution in [0.15, 0.2) is 42.5 Å². The minimum Gasteiger partial charge on any atom is -0.493 e. The van der Waals surface area contributed by atoms with E-state index >= 15 is 0 Å². The summed E-state index contributed by atoms with van der Waals surface area (Å²) >= 11 is 0. The molecule has 0 aliphatic carbocycles. The minimum atomic E-state index is -0.294. The molecule has 1 amide bonds. The van der Waals surface area contributed by atoms with E-state index in [1.165, 1.54) is 0 Å². The van der Waals surface area contributed by atoms with Crippen molar-refractivity contribution in [3.8, 4) is 11.5 Å². The highest BCUT2D eigenvalue weighted by molar-refractivity contribution is 5.79. The van der Waals surface area contributed by atoms with Crippen LogP contribution in [-0.4, -0.2) is 48.3 Å². The zero-order valence-electron chi connectivity index (χ0n) is 19.6. The number of carbonyl (C=O) groups excluding carboxylic acids is 2. The molecule has 1 aromatic heterocycles. The van der Waals surface area contributed by atoms with Crippen molar-refractivity contribution in [2.45, 2.75) is 45.8 Å². The second kappa shape index (κ2) is 11.4. The van der Waals surface area contributed by atoms with Crippen molar-refractivity contribution in [2.75, 3.05) is 20.8 Å². The molecule has 2 aromatic carbocycles. The lowest BCUT2D eigenvalue weighted by atomic mass is 10.1. The Kier molecular flexibility index (Phi) is 8.29. The first-order valence-corrected chi connectivity index (χ1v) is 11.0. The summed E-state index contributed by atoms with van der Waals surface area (Å²) in [6.07, 6.45) is 1.40. The van der Waals surface area contributed by atoms with Gasteiger partial charge in [0.05, 0.1) is 37.8 Å². The van der Waals surface area contributed by atoms with E-state index in [1.807, 2.05) is 48.7 Å². The van der Waals surface area contributed by atoms with Gasteiger partial charge in [-0.3, -0.25) is 9.59 Å². The molecule has 0 radical (unpaired) electrons. The first kappa shape index (κ1) is 24.1. The maximum absolute atomic E-state index is 12.4. The summed E-state index contributed by atoms with van der Waals surface area (Å²) in [6, 6.07) is 13.1. The van der Waals surface area contributed by atoms with E-state index in [0.717, 1.165) is 22.4 Å². The molecule has 0 bridgehead atoms. The lowest BCUT2D eigenvalue weighted by Crippen LogP contribution is -2.26. The van der Waals surface area contributed by atoms with E-state index in [1.54, 1.807) is 26.4 Å². The van der Waals surface area contributed by atoms with Gasteiger partial charge >= 0.3 is 5.97 Å². The molecule has 33 heavy (non-hydrogen) atoms. The molecule has 3 rings (SSSR count). The summed E-state index contributed by atoms with van der Waals surface area (Å²) in [5.41, 5.74) is 2.57. The maximum atomic E-state index is 12.4. The number of ether oxygens (including phenoxy) is 3. The highest BCUT2D eigenvalue weighted by Crippen LogP contribution is 2.27. The van der Waals surface area contributed by atoms with Gasteiger partial charge in [0.25, 0.3) is 0 Å². The molecule has 0 unspecified atom stereocenters. The Balaban J connectivity index is 1.57. The monoisotopic (exact) mass is 453 g/mol. The van der Waals surface area contributed by atoms with E-state index in [0.29, 0.717) is 30.9 Å². The summed E-state index contributed by atoms with van der Waals surface area (Å²) in [4.78, 5) is 29.3. The lowest BCUT2D eigenvalue weighted by molar-refractivity contribution is -0.148. The number of carbonyl (C=O) groups is 2. The van der Waals surface area contributed by atoms with E-state index in [9.17, 15) is 9.59 Å². The van der Waals surface area contributed by atoms with Crippen LogP contribution in [0.5, 0.6) is 11.5 Å². The molecule has 0 atom stereocenters. The fourth-order valence-corrected chi connectivity index (χ4v) is 3.63. The summed E-state index contributed by atoms with van der Waals surface area (Å²) in [5.74, 6) is 1.65. The van der Waals surface area contributed by atoms with Gasteiger partial charge in [0, 0.05) is 13.0 Å². The standard InChI is InChI=1S/C25H31N3O5/c1-17(2)33-25(30)16-28-20-9-6-5-8-19(20)27-23(28)10-7-13-26-24(29)15-18-11-12-21(31-3)22(14-18)32-4/h5-6,8-9,11-12,14,17H,7,10,13,15-16H2,1-4H3,(H,26,29). The summed E-state index contributed by atoms with van der Waals surface area (Å²) < 4.78 is 17.7. The maximum Gasteiger partial charge on any atom is 0.326 e. The molecule has 176 valence electrons. The molecule has 8 heteroatoms. The number of fused-ring (bicyclic) bond motifs is 1. The molecule has 0 saturated heterocycles. The number of rotatable bonds is 11. The first-order valence-electron chi connectivity index (χ1n) is 11.0. The number of aryl methyl sites for hydroxylation is 1. The van der Waals surface area contributed by atoms with Gasteiger partial charge in [-0.15, -0.1) is 0 Å². The number of esters is 1. The number of hydrogen-bond acceptors (Lipinski definition) is 6. The summed E-state index contributed by atoms with van der Waals surface area (Å²) in [5, 5.41) is 2.95. The van der Waals surface area contributed by atoms with Crippen LogP contribution in [0.2, 0.25) is 0 Å². The van der Waals surface area contributed by atoms with Crippen LogP contribution in [0.4, 0.5) is 0 Å². The first-order chi connectivity index (χ1) is 15.9. The fourth-order valence-electron chi connectivity index (χ4n) is 3.63. The van der Waals surface area contributed by atoms with Crippen molar-refractivity contribution in [1.29, 1.82) is 0 Å². The van der Waals surface area contributed by atoms with Gasteiger partial charge in [0.1, 0.15) is 12.4 Å². The Morgan fingerprint density at radius 3 is 2.55 bits per heavy atom. The van der Waals surface area contributed by atoms with Gasteiger partial charge in [-0.05, 0) is 50.1 Å². The van der Waals surface area contributed by atoms with Crippen LogP contribution in [0.25, 0.3) is 11.0 Å². The van der Waals surface area contributed by atoms with Crippen molar-refractivity contribution in [3.63, 3.8) is 0 Å². The van der Waals surface area contributed by atoms with Crippen LogP contribution in [-0.2, 0) is 33.7 Å². The predicted molar refractivity (Wildman–Crippen MR) is 126 cm³/mol. The molecule has 3 aromatic rings. The summed E-state index contributed by atoms with van der Waals surface area (Å²) in [7, 11) is 3.14. The SMILES string of the molecule is COc1ccc(CC(=O)NCCCc2nc3ccccc3n2CC(=O)OC(C)C)cc1OC. The quantitative estimate of drug-likeness (QED) is 0.354. The number of benzene rings is 2. The fraction of sp³-hybridized carbons (Fsp3) is 0.400. The van der Waals surface area contributed by atoms with E-state index in [-0.39, 0.29) is 30.9 Å². The van der Waals surface area contributed by atoms with E-state index in [2.05, 4.69) is 10.3 Å². The van der Waals surface area contributed by atoms with Gasteiger partial charge in [-0.1, -0.05) is 18.2 Å². The van der Waals surface area contributed by atoms with E-state index in [4.69, 9.17) is 14.2 Å². The number of para-hydroxylation sites is 2. The Morgan fingerprint density at radius 1 is 1.06 bits per heavy atom. The Hall–Kier alpha value is -3.55. The zero-order chi connectivity index (χ0) is 23.8. The van der Waals surface area contributed by atoms with Gasteiger partial charge in [-0.25, -0.2) is 4.98 Å². The highest BCUT2D eigenvalue weighted by Gasteiger charge is 2.15. The number of nitrogens with one attached hydrogen (secondary N) is 1. The molecular formula is C25H31N3O5. The third-order valence-corrected chi connectivity index (χ3v) is 5.10. The van der Waals surface area contributed by atoms with Crippen LogP contribution >= 0.6 is 0 Å². The smallest absolute Gasteiger partial charge is 0.326 e. The number of hydrogen-bond donors (Lipinski definition) is 1. The number of amides is 1. The number of nitrogens with zero attached hydrogens (tertiary/aromatic N) is 2. The van der Waals surface area contributed by atoms with Crippen LogP contribution in [0.1, 0.15) is 31.7 Å². The highest BCUT2D eigenvalue weighted by atomic mass is 16.5. The molecular weight excluding hydrogens is 422 g/mol. The average molecular weight is 454 g/mol. The summed E-state index contributed by atoms with van der Waals surface area (Å²) in [6.45, 7) is 4.27. The number of methoxy groups -OCH3 is 2. The normalized spacial score (nSPS) is 10.9. The molecule has 1 heterocycles. The molecule has 0 saturated carbocycles. The number of imidazole rings is 1. The largest absolute Gasteiger partial charge is 0.493 e. The predicted octanol–water partition coefficient (Wildman–Crippen LogP) is 3.30.